The van der Waals surface area contributed by atoms with E-state index in [1.807, 2.05) is 12.1 Å². The van der Waals surface area contributed by atoms with Crippen LogP contribution >= 0.6 is 0 Å². The maximum absolute atomic E-state index is 12.2. The van der Waals surface area contributed by atoms with Crippen molar-refractivity contribution in [2.24, 2.45) is 0 Å². The SMILES string of the molecule is CC(NC(=O)c1ccoc1)C(=O)Nc1cccc2cn[nH]c12. The molecule has 0 bridgehead atoms. The molecule has 0 saturated heterocycles. The Morgan fingerprint density at radius 2 is 2.18 bits per heavy atom. The number of carbonyl (C=O) groups is 2. The highest BCUT2D eigenvalue weighted by Crippen LogP contribution is 2.20. The number of carbonyl (C=O) groups excluding carboxylic acids is 2. The molecule has 3 N–H and O–H groups in total. The molecule has 7 nitrogen and oxygen atoms in total. The second kappa shape index (κ2) is 5.72. The molecule has 0 aliphatic carbocycles. The maximum Gasteiger partial charge on any atom is 0.255 e. The van der Waals surface area contributed by atoms with E-state index < -0.39 is 6.04 Å². The highest BCUT2D eigenvalue weighted by Gasteiger charge is 2.18. The van der Waals surface area contributed by atoms with Crippen LogP contribution in [-0.2, 0) is 4.79 Å². The second-order valence-corrected chi connectivity index (χ2v) is 4.84. The zero-order valence-electron chi connectivity index (χ0n) is 11.8. The zero-order valence-corrected chi connectivity index (χ0v) is 11.8. The third-order valence-corrected chi connectivity index (χ3v) is 3.26. The van der Waals surface area contributed by atoms with Crippen molar-refractivity contribution in [2.45, 2.75) is 13.0 Å². The normalized spacial score (nSPS) is 12.0. The molecule has 2 amide bonds. The van der Waals surface area contributed by atoms with Gasteiger partial charge in [0.05, 0.1) is 29.2 Å². The Morgan fingerprint density at radius 1 is 1.32 bits per heavy atom. The summed E-state index contributed by atoms with van der Waals surface area (Å²) >= 11 is 0. The number of rotatable bonds is 4. The topological polar surface area (TPSA) is 100 Å². The van der Waals surface area contributed by atoms with Crippen molar-refractivity contribution in [3.63, 3.8) is 0 Å². The van der Waals surface area contributed by atoms with Gasteiger partial charge in [0.2, 0.25) is 5.91 Å². The van der Waals surface area contributed by atoms with Gasteiger partial charge in [0.15, 0.2) is 0 Å². The first-order valence-corrected chi connectivity index (χ1v) is 6.71. The van der Waals surface area contributed by atoms with Crippen LogP contribution in [0.25, 0.3) is 10.9 Å². The minimum atomic E-state index is -0.694. The first kappa shape index (κ1) is 13.9. The minimum absolute atomic E-state index is 0.320. The number of nitrogens with one attached hydrogen (secondary N) is 3. The average Bonchev–Trinajstić information content (AvgIpc) is 3.18. The molecule has 0 spiro atoms. The van der Waals surface area contributed by atoms with Crippen molar-refractivity contribution in [3.05, 3.63) is 48.6 Å². The predicted molar refractivity (Wildman–Crippen MR) is 80.4 cm³/mol. The summed E-state index contributed by atoms with van der Waals surface area (Å²) in [6, 6.07) is 6.32. The van der Waals surface area contributed by atoms with Crippen LogP contribution in [-0.4, -0.2) is 28.1 Å². The number of aromatic amines is 1. The number of furan rings is 1. The van der Waals surface area contributed by atoms with E-state index in [-0.39, 0.29) is 11.8 Å². The molecule has 0 aliphatic heterocycles. The summed E-state index contributed by atoms with van der Waals surface area (Å²) < 4.78 is 4.84. The number of benzene rings is 1. The smallest absolute Gasteiger partial charge is 0.255 e. The molecule has 1 aromatic carbocycles. The van der Waals surface area contributed by atoms with E-state index in [0.717, 1.165) is 10.9 Å². The number of nitrogens with zero attached hydrogens (tertiary/aromatic N) is 1. The zero-order chi connectivity index (χ0) is 15.5. The number of anilines is 1. The molecule has 0 aliphatic rings. The van der Waals surface area contributed by atoms with Crippen LogP contribution in [0.5, 0.6) is 0 Å². The highest BCUT2D eigenvalue weighted by molar-refractivity contribution is 6.04. The quantitative estimate of drug-likeness (QED) is 0.685. The van der Waals surface area contributed by atoms with Crippen LogP contribution in [0.1, 0.15) is 17.3 Å². The molecule has 0 radical (unpaired) electrons. The fourth-order valence-electron chi connectivity index (χ4n) is 2.05. The van der Waals surface area contributed by atoms with Crippen molar-refractivity contribution in [3.8, 4) is 0 Å². The molecule has 2 heterocycles. The Balaban J connectivity index is 1.69. The Hall–Kier alpha value is -3.09. The van der Waals surface area contributed by atoms with Gasteiger partial charge in [-0.2, -0.15) is 5.10 Å². The Morgan fingerprint density at radius 3 is 2.95 bits per heavy atom. The second-order valence-electron chi connectivity index (χ2n) is 4.84. The standard InChI is InChI=1S/C15H14N4O3/c1-9(17-15(21)11-5-6-22-8-11)14(20)18-12-4-2-3-10-7-16-19-13(10)12/h2-9H,1H3,(H,16,19)(H,17,21)(H,18,20). The fourth-order valence-corrected chi connectivity index (χ4v) is 2.05. The van der Waals surface area contributed by atoms with Gasteiger partial charge in [0.1, 0.15) is 12.3 Å². The summed E-state index contributed by atoms with van der Waals surface area (Å²) in [5.74, 6) is -0.685. The van der Waals surface area contributed by atoms with E-state index in [1.165, 1.54) is 18.6 Å². The number of amides is 2. The van der Waals surface area contributed by atoms with E-state index in [2.05, 4.69) is 20.8 Å². The molecule has 3 rings (SSSR count). The van der Waals surface area contributed by atoms with Gasteiger partial charge in [-0.3, -0.25) is 14.7 Å². The van der Waals surface area contributed by atoms with E-state index in [1.54, 1.807) is 19.2 Å². The van der Waals surface area contributed by atoms with Crippen molar-refractivity contribution >= 4 is 28.4 Å². The molecule has 0 saturated carbocycles. The van der Waals surface area contributed by atoms with Gasteiger partial charge in [0.25, 0.3) is 5.91 Å². The number of para-hydroxylation sites is 1. The highest BCUT2D eigenvalue weighted by atomic mass is 16.3. The predicted octanol–water partition coefficient (Wildman–Crippen LogP) is 1.91. The van der Waals surface area contributed by atoms with Crippen molar-refractivity contribution in [2.75, 3.05) is 5.32 Å². The summed E-state index contributed by atoms with van der Waals surface area (Å²) in [6.07, 6.45) is 4.40. The number of fused-ring (bicyclic) bond motifs is 1. The van der Waals surface area contributed by atoms with Crippen LogP contribution in [0.3, 0.4) is 0 Å². The monoisotopic (exact) mass is 298 g/mol. The van der Waals surface area contributed by atoms with Gasteiger partial charge in [-0.05, 0) is 19.1 Å². The summed E-state index contributed by atoms with van der Waals surface area (Å²) in [5, 5.41) is 13.0. The van der Waals surface area contributed by atoms with Crippen molar-refractivity contribution in [1.29, 1.82) is 0 Å². The summed E-state index contributed by atoms with van der Waals surface area (Å²) in [6.45, 7) is 1.61. The number of aromatic nitrogens is 2. The van der Waals surface area contributed by atoms with E-state index in [0.29, 0.717) is 11.3 Å². The van der Waals surface area contributed by atoms with Crippen LogP contribution in [0.4, 0.5) is 5.69 Å². The molecule has 1 atom stereocenters. The average molecular weight is 298 g/mol. The lowest BCUT2D eigenvalue weighted by atomic mass is 10.2. The molecule has 1 unspecified atom stereocenters. The Bertz CT molecular complexity index is 807. The molecule has 3 aromatic rings. The Labute approximate surface area is 125 Å². The van der Waals surface area contributed by atoms with Crippen LogP contribution in [0, 0.1) is 0 Å². The van der Waals surface area contributed by atoms with Gasteiger partial charge in [-0.15, -0.1) is 0 Å². The first-order valence-electron chi connectivity index (χ1n) is 6.71. The van der Waals surface area contributed by atoms with Gasteiger partial charge >= 0.3 is 0 Å². The third-order valence-electron chi connectivity index (χ3n) is 3.26. The van der Waals surface area contributed by atoms with Crippen LogP contribution < -0.4 is 10.6 Å². The van der Waals surface area contributed by atoms with Crippen molar-refractivity contribution < 1.29 is 14.0 Å². The maximum atomic E-state index is 12.2. The number of hydrogen-bond donors (Lipinski definition) is 3. The molecule has 7 heteroatoms. The number of H-pyrrole nitrogens is 1. The molecular weight excluding hydrogens is 284 g/mol. The molecule has 2 aromatic heterocycles. The lowest BCUT2D eigenvalue weighted by Gasteiger charge is -2.14. The minimum Gasteiger partial charge on any atom is -0.472 e. The van der Waals surface area contributed by atoms with Crippen LogP contribution in [0.15, 0.2) is 47.4 Å². The van der Waals surface area contributed by atoms with Crippen LogP contribution in [0.2, 0.25) is 0 Å². The lowest BCUT2D eigenvalue weighted by molar-refractivity contribution is -0.117. The van der Waals surface area contributed by atoms with Crippen molar-refractivity contribution in [1.82, 2.24) is 15.5 Å². The number of hydrogen-bond acceptors (Lipinski definition) is 4. The van der Waals surface area contributed by atoms with E-state index in [4.69, 9.17) is 4.42 Å². The molecule has 22 heavy (non-hydrogen) atoms. The van der Waals surface area contributed by atoms with Gasteiger partial charge in [-0.25, -0.2) is 0 Å². The fraction of sp³-hybridized carbons (Fsp3) is 0.133. The summed E-state index contributed by atoms with van der Waals surface area (Å²) in [7, 11) is 0. The van der Waals surface area contributed by atoms with Gasteiger partial charge in [0, 0.05) is 5.39 Å². The molecule has 0 fully saturated rings. The van der Waals surface area contributed by atoms with E-state index >= 15 is 0 Å². The van der Waals surface area contributed by atoms with Gasteiger partial charge in [-0.1, -0.05) is 12.1 Å². The molecular formula is C15H14N4O3. The third kappa shape index (κ3) is 2.69. The van der Waals surface area contributed by atoms with Gasteiger partial charge < -0.3 is 15.1 Å². The Kier molecular flexibility index (Phi) is 3.61. The molecule has 112 valence electrons. The van der Waals surface area contributed by atoms with E-state index in [9.17, 15) is 9.59 Å². The lowest BCUT2D eigenvalue weighted by Crippen LogP contribution is -2.41. The first-order chi connectivity index (χ1) is 10.6. The summed E-state index contributed by atoms with van der Waals surface area (Å²) in [5.41, 5.74) is 1.73. The largest absolute Gasteiger partial charge is 0.472 e. The summed E-state index contributed by atoms with van der Waals surface area (Å²) in [4.78, 5) is 24.1.